The van der Waals surface area contributed by atoms with Crippen molar-refractivity contribution in [3.05, 3.63) is 46.5 Å². The lowest BCUT2D eigenvalue weighted by Crippen LogP contribution is -2.24. The minimum Gasteiger partial charge on any atom is -0.346 e. The smallest absolute Gasteiger partial charge is 0.244 e. The highest BCUT2D eigenvalue weighted by Crippen LogP contribution is 2.17. The number of amides is 1. The van der Waals surface area contributed by atoms with E-state index in [1.165, 1.54) is 6.08 Å². The molecule has 0 aliphatic heterocycles. The van der Waals surface area contributed by atoms with Crippen molar-refractivity contribution in [2.24, 2.45) is 0 Å². The fourth-order valence-electron chi connectivity index (χ4n) is 1.27. The van der Waals surface area contributed by atoms with Gasteiger partial charge < -0.3 is 5.32 Å². The molecule has 0 heterocycles. The summed E-state index contributed by atoms with van der Waals surface area (Å²) in [6.07, 6.45) is 3.25. The molecule has 1 aromatic rings. The summed E-state index contributed by atoms with van der Waals surface area (Å²) in [5, 5.41) is 2.88. The van der Waals surface area contributed by atoms with Crippen LogP contribution >= 0.6 is 15.9 Å². The third kappa shape index (κ3) is 3.88. The second kappa shape index (κ2) is 5.71. The van der Waals surface area contributed by atoms with Crippen molar-refractivity contribution in [3.8, 4) is 0 Å². The number of hydrogen-bond donors (Lipinski definition) is 1. The van der Waals surface area contributed by atoms with E-state index >= 15 is 0 Å². The summed E-state index contributed by atoms with van der Waals surface area (Å²) in [5.74, 6) is -0.0648. The van der Waals surface area contributed by atoms with Gasteiger partial charge in [0.15, 0.2) is 0 Å². The van der Waals surface area contributed by atoms with Crippen molar-refractivity contribution >= 4 is 21.8 Å². The number of rotatable bonds is 3. The Kier molecular flexibility index (Phi) is 4.56. The Labute approximate surface area is 98.5 Å². The summed E-state index contributed by atoms with van der Waals surface area (Å²) in [6.45, 7) is 3.78. The molecule has 0 bridgehead atoms. The zero-order valence-electron chi connectivity index (χ0n) is 8.83. The maximum Gasteiger partial charge on any atom is 0.244 e. The minimum atomic E-state index is -0.0648. The molecule has 3 heteroatoms. The Bertz CT molecular complexity index is 374. The van der Waals surface area contributed by atoms with Crippen LogP contribution in [0.15, 0.2) is 40.9 Å². The van der Waals surface area contributed by atoms with Gasteiger partial charge in [0.2, 0.25) is 5.91 Å². The number of carbonyl (C=O) groups excluding carboxylic acids is 1. The maximum absolute atomic E-state index is 11.3. The molecule has 1 atom stereocenters. The molecular weight excluding hydrogens is 254 g/mol. The van der Waals surface area contributed by atoms with Crippen molar-refractivity contribution in [3.63, 3.8) is 0 Å². The summed E-state index contributed by atoms with van der Waals surface area (Å²) >= 11 is 3.40. The quantitative estimate of drug-likeness (QED) is 0.838. The predicted octanol–water partition coefficient (Wildman–Crippen LogP) is 3.20. The Balaban J connectivity index is 2.68. The Morgan fingerprint density at radius 2 is 2.27 bits per heavy atom. The number of carbonyl (C=O) groups is 1. The van der Waals surface area contributed by atoms with E-state index < -0.39 is 0 Å². The predicted molar refractivity (Wildman–Crippen MR) is 65.5 cm³/mol. The van der Waals surface area contributed by atoms with Crippen LogP contribution in [0.25, 0.3) is 0 Å². The van der Waals surface area contributed by atoms with Gasteiger partial charge in [-0.25, -0.2) is 0 Å². The minimum absolute atomic E-state index is 0.0196. The van der Waals surface area contributed by atoms with Gasteiger partial charge in [-0.2, -0.15) is 0 Å². The first-order valence-electron chi connectivity index (χ1n) is 4.82. The summed E-state index contributed by atoms with van der Waals surface area (Å²) in [6, 6.07) is 7.93. The van der Waals surface area contributed by atoms with Crippen molar-refractivity contribution in [2.75, 3.05) is 0 Å². The molecule has 2 nitrogen and oxygen atoms in total. The average molecular weight is 268 g/mol. The van der Waals surface area contributed by atoms with Crippen molar-refractivity contribution in [1.29, 1.82) is 0 Å². The van der Waals surface area contributed by atoms with Crippen LogP contribution in [-0.2, 0) is 4.79 Å². The molecule has 0 fully saturated rings. The van der Waals surface area contributed by atoms with Crippen molar-refractivity contribution in [2.45, 2.75) is 19.9 Å². The molecule has 0 spiro atoms. The summed E-state index contributed by atoms with van der Waals surface area (Å²) < 4.78 is 1.02. The highest BCUT2D eigenvalue weighted by molar-refractivity contribution is 9.10. The van der Waals surface area contributed by atoms with Gasteiger partial charge >= 0.3 is 0 Å². The number of allylic oxidation sites excluding steroid dienone is 1. The Morgan fingerprint density at radius 3 is 2.87 bits per heavy atom. The molecule has 0 aliphatic carbocycles. The van der Waals surface area contributed by atoms with E-state index in [-0.39, 0.29) is 11.9 Å². The molecule has 0 aliphatic rings. The SMILES string of the molecule is C/C=C/C(=O)N[C@H](C)c1cccc(Br)c1. The molecule has 1 amide bonds. The first-order valence-corrected chi connectivity index (χ1v) is 5.61. The van der Waals surface area contributed by atoms with E-state index in [1.54, 1.807) is 6.08 Å². The van der Waals surface area contributed by atoms with E-state index in [0.29, 0.717) is 0 Å². The maximum atomic E-state index is 11.3. The van der Waals surface area contributed by atoms with Crippen LogP contribution in [0.3, 0.4) is 0 Å². The van der Waals surface area contributed by atoms with Gasteiger partial charge in [-0.05, 0) is 37.6 Å². The number of nitrogens with one attached hydrogen (secondary N) is 1. The first-order chi connectivity index (χ1) is 7.13. The van der Waals surface area contributed by atoms with Crippen LogP contribution in [0.1, 0.15) is 25.5 Å². The lowest BCUT2D eigenvalue weighted by Gasteiger charge is -2.13. The number of benzene rings is 1. The van der Waals surface area contributed by atoms with E-state index in [2.05, 4.69) is 21.2 Å². The third-order valence-corrected chi connectivity index (χ3v) is 2.52. The Morgan fingerprint density at radius 1 is 1.53 bits per heavy atom. The van der Waals surface area contributed by atoms with Gasteiger partial charge in [-0.15, -0.1) is 0 Å². The highest BCUT2D eigenvalue weighted by Gasteiger charge is 2.06. The largest absolute Gasteiger partial charge is 0.346 e. The highest BCUT2D eigenvalue weighted by atomic mass is 79.9. The van der Waals surface area contributed by atoms with Gasteiger partial charge in [-0.3, -0.25) is 4.79 Å². The average Bonchev–Trinajstić information content (AvgIpc) is 2.18. The van der Waals surface area contributed by atoms with Crippen LogP contribution in [0.5, 0.6) is 0 Å². The molecular formula is C12H14BrNO. The third-order valence-electron chi connectivity index (χ3n) is 2.03. The molecule has 0 saturated carbocycles. The molecule has 80 valence electrons. The van der Waals surface area contributed by atoms with Crippen LogP contribution in [0.2, 0.25) is 0 Å². The topological polar surface area (TPSA) is 29.1 Å². The molecule has 1 rings (SSSR count). The van der Waals surface area contributed by atoms with Gasteiger partial charge in [0.1, 0.15) is 0 Å². The normalized spacial score (nSPS) is 12.7. The van der Waals surface area contributed by atoms with E-state index in [4.69, 9.17) is 0 Å². The molecule has 0 aromatic heterocycles. The second-order valence-corrected chi connectivity index (χ2v) is 4.20. The summed E-state index contributed by atoms with van der Waals surface area (Å²) in [5.41, 5.74) is 1.09. The van der Waals surface area contributed by atoms with Gasteiger partial charge in [0.05, 0.1) is 6.04 Å². The molecule has 0 saturated heterocycles. The van der Waals surface area contributed by atoms with Crippen LogP contribution < -0.4 is 5.32 Å². The second-order valence-electron chi connectivity index (χ2n) is 3.29. The standard InChI is InChI=1S/C12H14BrNO/c1-3-5-12(15)14-9(2)10-6-4-7-11(13)8-10/h3-9H,1-2H3,(H,14,15)/b5-3+/t9-/m1/s1. The lowest BCUT2D eigenvalue weighted by molar-refractivity contribution is -0.117. The van der Waals surface area contributed by atoms with E-state index in [1.807, 2.05) is 38.1 Å². The first kappa shape index (κ1) is 12.0. The molecule has 15 heavy (non-hydrogen) atoms. The van der Waals surface area contributed by atoms with Crippen molar-refractivity contribution in [1.82, 2.24) is 5.32 Å². The van der Waals surface area contributed by atoms with Crippen LogP contribution in [0, 0.1) is 0 Å². The zero-order valence-corrected chi connectivity index (χ0v) is 10.4. The monoisotopic (exact) mass is 267 g/mol. The van der Waals surface area contributed by atoms with E-state index in [0.717, 1.165) is 10.0 Å². The van der Waals surface area contributed by atoms with Gasteiger partial charge in [0.25, 0.3) is 0 Å². The van der Waals surface area contributed by atoms with Gasteiger partial charge in [0, 0.05) is 4.47 Å². The zero-order chi connectivity index (χ0) is 11.3. The summed E-state index contributed by atoms with van der Waals surface area (Å²) in [7, 11) is 0. The van der Waals surface area contributed by atoms with E-state index in [9.17, 15) is 4.79 Å². The fourth-order valence-corrected chi connectivity index (χ4v) is 1.69. The molecule has 0 radical (unpaired) electrons. The fraction of sp³-hybridized carbons (Fsp3) is 0.250. The molecule has 1 aromatic carbocycles. The lowest BCUT2D eigenvalue weighted by atomic mass is 10.1. The molecule has 0 unspecified atom stereocenters. The van der Waals surface area contributed by atoms with Crippen molar-refractivity contribution < 1.29 is 4.79 Å². The van der Waals surface area contributed by atoms with Gasteiger partial charge in [-0.1, -0.05) is 34.1 Å². The Hall–Kier alpha value is -1.09. The summed E-state index contributed by atoms with van der Waals surface area (Å²) in [4.78, 5) is 11.3. The van der Waals surface area contributed by atoms with Crippen LogP contribution in [0.4, 0.5) is 0 Å². The molecule has 1 N–H and O–H groups in total. The number of halogens is 1. The number of hydrogen-bond acceptors (Lipinski definition) is 1. The van der Waals surface area contributed by atoms with Crippen LogP contribution in [-0.4, -0.2) is 5.91 Å².